The third-order valence-electron chi connectivity index (χ3n) is 4.37. The van der Waals surface area contributed by atoms with Gasteiger partial charge in [0.25, 0.3) is 5.91 Å². The van der Waals surface area contributed by atoms with Crippen molar-refractivity contribution in [2.75, 3.05) is 0 Å². The van der Waals surface area contributed by atoms with E-state index in [0.29, 0.717) is 18.2 Å². The van der Waals surface area contributed by atoms with Gasteiger partial charge in [-0.25, -0.2) is 0 Å². The number of benzene rings is 1. The molecule has 1 heterocycles. The van der Waals surface area contributed by atoms with E-state index >= 15 is 0 Å². The van der Waals surface area contributed by atoms with Crippen molar-refractivity contribution in [1.29, 1.82) is 0 Å². The molecule has 0 atom stereocenters. The molecule has 26 heavy (non-hydrogen) atoms. The normalized spacial score (nSPS) is 14.5. The zero-order chi connectivity index (χ0) is 18.9. The van der Waals surface area contributed by atoms with Gasteiger partial charge in [0.05, 0.1) is 17.3 Å². The van der Waals surface area contributed by atoms with Crippen molar-refractivity contribution in [3.63, 3.8) is 0 Å². The summed E-state index contributed by atoms with van der Waals surface area (Å²) in [6, 6.07) is 9.77. The Bertz CT molecular complexity index is 783. The molecule has 1 fully saturated rings. The van der Waals surface area contributed by atoms with Crippen molar-refractivity contribution in [3.8, 4) is 5.75 Å². The van der Waals surface area contributed by atoms with Crippen LogP contribution in [0.15, 0.2) is 30.3 Å². The van der Waals surface area contributed by atoms with Crippen molar-refractivity contribution < 1.29 is 9.53 Å². The van der Waals surface area contributed by atoms with Crippen LogP contribution in [0.2, 0.25) is 0 Å². The van der Waals surface area contributed by atoms with E-state index in [1.54, 1.807) is 0 Å². The van der Waals surface area contributed by atoms with Gasteiger partial charge in [0, 0.05) is 18.0 Å². The lowest BCUT2D eigenvalue weighted by molar-refractivity contribution is 0.0932. The second-order valence-electron chi connectivity index (χ2n) is 8.27. The minimum absolute atomic E-state index is 0.0928. The van der Waals surface area contributed by atoms with Gasteiger partial charge < -0.3 is 10.1 Å². The maximum atomic E-state index is 12.9. The van der Waals surface area contributed by atoms with Gasteiger partial charge in [-0.05, 0) is 59.6 Å². The van der Waals surface area contributed by atoms with Gasteiger partial charge in [-0.3, -0.25) is 9.48 Å². The maximum absolute atomic E-state index is 12.9. The molecular formula is C21H29N3O2. The molecule has 5 heteroatoms. The van der Waals surface area contributed by atoms with Gasteiger partial charge >= 0.3 is 0 Å². The first-order valence-corrected chi connectivity index (χ1v) is 9.39. The average Bonchev–Trinajstić information content (AvgIpc) is 3.30. The zero-order valence-electron chi connectivity index (χ0n) is 16.4. The van der Waals surface area contributed by atoms with E-state index in [1.807, 2.05) is 48.9 Å². The largest absolute Gasteiger partial charge is 0.491 e. The summed E-state index contributed by atoms with van der Waals surface area (Å²) in [5, 5.41) is 7.74. The summed E-state index contributed by atoms with van der Waals surface area (Å²) in [7, 11) is 0. The van der Waals surface area contributed by atoms with Crippen LogP contribution in [0.25, 0.3) is 0 Å². The SMILES string of the molecule is CC(C)Oc1ccccc1CNC(=O)c1cc(C2CC2)nn1C(C)(C)C. The maximum Gasteiger partial charge on any atom is 0.269 e. The molecule has 1 aromatic heterocycles. The van der Waals surface area contributed by atoms with Crippen LogP contribution < -0.4 is 10.1 Å². The minimum atomic E-state index is -0.238. The van der Waals surface area contributed by atoms with Crippen LogP contribution in [-0.2, 0) is 12.1 Å². The average molecular weight is 355 g/mol. The summed E-state index contributed by atoms with van der Waals surface area (Å²) < 4.78 is 7.69. The molecule has 3 rings (SSSR count). The Morgan fingerprint density at radius 1 is 1.31 bits per heavy atom. The van der Waals surface area contributed by atoms with Crippen LogP contribution in [-0.4, -0.2) is 21.8 Å². The van der Waals surface area contributed by atoms with Crippen molar-refractivity contribution in [1.82, 2.24) is 15.1 Å². The molecule has 0 spiro atoms. The summed E-state index contributed by atoms with van der Waals surface area (Å²) in [5.41, 5.74) is 2.40. The number of carbonyl (C=O) groups is 1. The molecule has 1 aliphatic carbocycles. The predicted octanol–water partition coefficient (Wildman–Crippen LogP) is 4.23. The van der Waals surface area contributed by atoms with E-state index in [9.17, 15) is 4.79 Å². The molecule has 0 aliphatic heterocycles. The van der Waals surface area contributed by atoms with Crippen LogP contribution in [0, 0.1) is 0 Å². The highest BCUT2D eigenvalue weighted by Crippen LogP contribution is 2.40. The predicted molar refractivity (Wildman–Crippen MR) is 103 cm³/mol. The molecule has 5 nitrogen and oxygen atoms in total. The first kappa shape index (κ1) is 18.5. The number of rotatable bonds is 6. The summed E-state index contributed by atoms with van der Waals surface area (Å²) in [6.07, 6.45) is 2.43. The Kier molecular flexibility index (Phi) is 5.08. The number of hydrogen-bond acceptors (Lipinski definition) is 3. The van der Waals surface area contributed by atoms with E-state index in [4.69, 9.17) is 9.84 Å². The third-order valence-corrected chi connectivity index (χ3v) is 4.37. The molecule has 1 N–H and O–H groups in total. The van der Waals surface area contributed by atoms with E-state index in [0.717, 1.165) is 17.0 Å². The van der Waals surface area contributed by atoms with Crippen molar-refractivity contribution >= 4 is 5.91 Å². The van der Waals surface area contributed by atoms with Gasteiger partial charge in [0.2, 0.25) is 0 Å². The monoisotopic (exact) mass is 355 g/mol. The standard InChI is InChI=1S/C21H29N3O2/c1-14(2)26-19-9-7-6-8-16(19)13-22-20(25)18-12-17(15-10-11-15)23-24(18)21(3,4)5/h6-9,12,14-15H,10-11,13H2,1-5H3,(H,22,25). The van der Waals surface area contributed by atoms with Crippen LogP contribution in [0.3, 0.4) is 0 Å². The highest BCUT2D eigenvalue weighted by Gasteiger charge is 2.31. The topological polar surface area (TPSA) is 56.1 Å². The fourth-order valence-electron chi connectivity index (χ4n) is 2.94. The van der Waals surface area contributed by atoms with Crippen molar-refractivity contribution in [2.24, 2.45) is 0 Å². The lowest BCUT2D eigenvalue weighted by atomic mass is 10.1. The van der Waals surface area contributed by atoms with Crippen molar-refractivity contribution in [2.45, 2.75) is 71.6 Å². The Balaban J connectivity index is 1.77. The fraction of sp³-hybridized carbons (Fsp3) is 0.524. The molecule has 1 saturated carbocycles. The number of para-hydroxylation sites is 1. The third kappa shape index (κ3) is 4.26. The molecule has 0 radical (unpaired) electrons. The quantitative estimate of drug-likeness (QED) is 0.843. The molecule has 0 unspecified atom stereocenters. The Hall–Kier alpha value is -2.30. The molecular weight excluding hydrogens is 326 g/mol. The molecule has 140 valence electrons. The Labute approximate surface area is 155 Å². The zero-order valence-corrected chi connectivity index (χ0v) is 16.4. The molecule has 0 bridgehead atoms. The fourth-order valence-corrected chi connectivity index (χ4v) is 2.94. The number of aromatic nitrogens is 2. The summed E-state index contributed by atoms with van der Waals surface area (Å²) >= 11 is 0. The number of amides is 1. The smallest absolute Gasteiger partial charge is 0.269 e. The van der Waals surface area contributed by atoms with Crippen LogP contribution in [0.4, 0.5) is 0 Å². The first-order chi connectivity index (χ1) is 12.3. The molecule has 0 saturated heterocycles. The Morgan fingerprint density at radius 2 is 2.00 bits per heavy atom. The lowest BCUT2D eigenvalue weighted by Crippen LogP contribution is -2.32. The first-order valence-electron chi connectivity index (χ1n) is 9.39. The van der Waals surface area contributed by atoms with Gasteiger partial charge in [-0.15, -0.1) is 0 Å². The van der Waals surface area contributed by atoms with Crippen LogP contribution in [0.1, 0.15) is 75.1 Å². The molecule has 1 aliphatic rings. The number of hydrogen-bond donors (Lipinski definition) is 1. The number of nitrogens with zero attached hydrogens (tertiary/aromatic N) is 2. The number of nitrogens with one attached hydrogen (secondary N) is 1. The van der Waals surface area contributed by atoms with Gasteiger partial charge in [-0.1, -0.05) is 18.2 Å². The minimum Gasteiger partial charge on any atom is -0.491 e. The van der Waals surface area contributed by atoms with Gasteiger partial charge in [0.15, 0.2) is 0 Å². The van der Waals surface area contributed by atoms with Crippen molar-refractivity contribution in [3.05, 3.63) is 47.3 Å². The van der Waals surface area contributed by atoms with E-state index in [-0.39, 0.29) is 17.6 Å². The van der Waals surface area contributed by atoms with Crippen LogP contribution >= 0.6 is 0 Å². The van der Waals surface area contributed by atoms with Gasteiger partial charge in [-0.2, -0.15) is 5.10 Å². The summed E-state index contributed by atoms with van der Waals surface area (Å²) in [5.74, 6) is 1.23. The molecule has 1 aromatic carbocycles. The molecule has 1 amide bonds. The second kappa shape index (κ2) is 7.14. The van der Waals surface area contributed by atoms with E-state index < -0.39 is 0 Å². The number of carbonyl (C=O) groups excluding carboxylic acids is 1. The van der Waals surface area contributed by atoms with E-state index in [2.05, 4.69) is 26.1 Å². The Morgan fingerprint density at radius 3 is 2.62 bits per heavy atom. The second-order valence-corrected chi connectivity index (χ2v) is 8.27. The van der Waals surface area contributed by atoms with Gasteiger partial charge in [0.1, 0.15) is 11.4 Å². The summed E-state index contributed by atoms with van der Waals surface area (Å²) in [4.78, 5) is 12.9. The highest BCUT2D eigenvalue weighted by atomic mass is 16.5. The number of ether oxygens (including phenoxy) is 1. The van der Waals surface area contributed by atoms with Crippen LogP contribution in [0.5, 0.6) is 5.75 Å². The summed E-state index contributed by atoms with van der Waals surface area (Å²) in [6.45, 7) is 10.6. The highest BCUT2D eigenvalue weighted by molar-refractivity contribution is 5.92. The van der Waals surface area contributed by atoms with E-state index in [1.165, 1.54) is 12.8 Å². The lowest BCUT2D eigenvalue weighted by Gasteiger charge is -2.22. The molecule has 2 aromatic rings.